The van der Waals surface area contributed by atoms with Crippen LogP contribution in [0.25, 0.3) is 0 Å². The topological polar surface area (TPSA) is 65.3 Å². The first-order chi connectivity index (χ1) is 15.6. The molecule has 0 saturated carbocycles. The Morgan fingerprint density at radius 2 is 1.82 bits per heavy atom. The highest BCUT2D eigenvalue weighted by Crippen LogP contribution is 2.36. The molecule has 0 aromatic heterocycles. The molecule has 176 valence electrons. The first-order valence-corrected chi connectivity index (χ1v) is 12.5. The second kappa shape index (κ2) is 9.29. The van der Waals surface area contributed by atoms with Crippen molar-refractivity contribution in [1.82, 2.24) is 9.31 Å². The molecule has 0 unspecified atom stereocenters. The molecule has 0 N–H and O–H groups in total. The van der Waals surface area contributed by atoms with Gasteiger partial charge in [-0.2, -0.15) is 17.8 Å². The molecule has 11 heteroatoms. The van der Waals surface area contributed by atoms with Crippen LogP contribution in [0, 0.1) is 0 Å². The second-order valence-corrected chi connectivity index (χ2v) is 10.5. The van der Waals surface area contributed by atoms with Gasteiger partial charge in [0.2, 0.25) is 5.29 Å². The Morgan fingerprint density at radius 1 is 1.15 bits per heavy atom. The van der Waals surface area contributed by atoms with E-state index in [2.05, 4.69) is 9.50 Å². The highest BCUT2D eigenvalue weighted by Gasteiger charge is 2.42. The number of amidine groups is 1. The fraction of sp³-hybridized carbons (Fsp3) is 0.364. The average Bonchev–Trinajstić information content (AvgIpc) is 3.11. The summed E-state index contributed by atoms with van der Waals surface area (Å²) in [6.45, 7) is 0.904. The van der Waals surface area contributed by atoms with Gasteiger partial charge in [0.25, 0.3) is 5.92 Å². The predicted molar refractivity (Wildman–Crippen MR) is 126 cm³/mol. The van der Waals surface area contributed by atoms with Gasteiger partial charge in [0.15, 0.2) is 0 Å². The van der Waals surface area contributed by atoms with E-state index in [1.165, 1.54) is 5.01 Å². The highest BCUT2D eigenvalue weighted by atomic mass is 35.5. The molecule has 2 heterocycles. The maximum Gasteiger partial charge on any atom is 0.325 e. The van der Waals surface area contributed by atoms with E-state index >= 15 is 0 Å². The summed E-state index contributed by atoms with van der Waals surface area (Å²) in [7, 11) is -4.40. The van der Waals surface area contributed by atoms with E-state index in [0.717, 1.165) is 11.1 Å². The van der Waals surface area contributed by atoms with Crippen molar-refractivity contribution in [3.63, 3.8) is 0 Å². The number of hydrazone groups is 1. The van der Waals surface area contributed by atoms with Crippen LogP contribution in [-0.2, 0) is 10.2 Å². The molecule has 0 amide bonds. The van der Waals surface area contributed by atoms with Crippen molar-refractivity contribution >= 4 is 44.4 Å². The Kier molecular flexibility index (Phi) is 6.77. The normalized spacial score (nSPS) is 24.1. The van der Waals surface area contributed by atoms with E-state index in [1.807, 2.05) is 49.4 Å². The van der Waals surface area contributed by atoms with Gasteiger partial charge in [-0.3, -0.25) is 0 Å². The van der Waals surface area contributed by atoms with Crippen molar-refractivity contribution in [2.45, 2.75) is 37.6 Å². The number of benzene rings is 2. The minimum atomic E-state index is -4.40. The van der Waals surface area contributed by atoms with Crippen molar-refractivity contribution in [3.05, 3.63) is 70.7 Å². The molecule has 0 bridgehead atoms. The largest absolute Gasteiger partial charge is 0.325 e. The Hall–Kier alpha value is -2.07. The van der Waals surface area contributed by atoms with Crippen molar-refractivity contribution in [2.24, 2.45) is 9.50 Å². The molecule has 33 heavy (non-hydrogen) atoms. The summed E-state index contributed by atoms with van der Waals surface area (Å²) in [6, 6.07) is 16.4. The zero-order valence-corrected chi connectivity index (χ0v) is 20.0. The summed E-state index contributed by atoms with van der Waals surface area (Å²) < 4.78 is 57.3. The van der Waals surface area contributed by atoms with Gasteiger partial charge in [-0.25, -0.2) is 13.8 Å². The molecule has 0 aliphatic carbocycles. The lowest BCUT2D eigenvalue weighted by atomic mass is 9.86. The molecule has 4 rings (SSSR count). The molecule has 2 aliphatic heterocycles. The van der Waals surface area contributed by atoms with E-state index in [0.29, 0.717) is 15.0 Å². The van der Waals surface area contributed by atoms with Crippen LogP contribution < -0.4 is 0 Å². The predicted octanol–water partition coefficient (Wildman–Crippen LogP) is 5.10. The quantitative estimate of drug-likeness (QED) is 0.323. The zero-order chi connectivity index (χ0) is 23.8. The molecule has 2 aromatic carbocycles. The Labute approximate surface area is 201 Å². The molecule has 1 fully saturated rings. The van der Waals surface area contributed by atoms with Crippen LogP contribution in [0.1, 0.15) is 36.8 Å². The van der Waals surface area contributed by atoms with Crippen molar-refractivity contribution in [1.29, 1.82) is 0 Å². The van der Waals surface area contributed by atoms with E-state index in [-0.39, 0.29) is 31.3 Å². The minimum Gasteiger partial charge on any atom is -0.233 e. The number of alkyl halides is 2. The van der Waals surface area contributed by atoms with Crippen LogP contribution in [0.5, 0.6) is 0 Å². The van der Waals surface area contributed by atoms with Gasteiger partial charge in [0.1, 0.15) is 0 Å². The van der Waals surface area contributed by atoms with E-state index in [1.54, 1.807) is 12.1 Å². The molecular formula is C22H22Cl2F2N4O2S. The third-order valence-electron chi connectivity index (χ3n) is 5.74. The van der Waals surface area contributed by atoms with Gasteiger partial charge >= 0.3 is 10.2 Å². The summed E-state index contributed by atoms with van der Waals surface area (Å²) in [5, 5.41) is 6.09. The van der Waals surface area contributed by atoms with Gasteiger partial charge in [-0.1, -0.05) is 54.1 Å². The van der Waals surface area contributed by atoms with Crippen molar-refractivity contribution < 1.29 is 17.2 Å². The SMILES string of the molecule is C[C@@H]1[C@@H](c2ccccc2)C(c2ccc(Cl)cc2)=NN1/C(Cl)=N\S(=O)(=O)N1CCCC(F)(F)C1. The summed E-state index contributed by atoms with van der Waals surface area (Å²) in [5.74, 6) is -3.33. The maximum atomic E-state index is 13.8. The van der Waals surface area contributed by atoms with Crippen LogP contribution in [0.15, 0.2) is 64.1 Å². The second-order valence-electron chi connectivity index (χ2n) is 8.10. The summed E-state index contributed by atoms with van der Waals surface area (Å²) in [6.07, 6.45) is -0.304. The summed E-state index contributed by atoms with van der Waals surface area (Å²) in [5.41, 5.74) is 2.43. The van der Waals surface area contributed by atoms with E-state index in [9.17, 15) is 17.2 Å². The van der Waals surface area contributed by atoms with E-state index < -0.39 is 28.0 Å². The van der Waals surface area contributed by atoms with Crippen LogP contribution in [0.3, 0.4) is 0 Å². The monoisotopic (exact) mass is 514 g/mol. The standard InChI is InChI=1S/C22H22Cl2F2N4O2S/c1-15-19(16-6-3-2-4-7-16)20(17-8-10-18(23)11-9-17)27-30(15)21(24)28-33(31,32)29-13-5-12-22(25,26)14-29/h2-4,6-11,15,19H,5,12-14H2,1H3/b28-21-/t15-,19+/m1/s1. The van der Waals surface area contributed by atoms with Crippen LogP contribution >= 0.6 is 23.2 Å². The van der Waals surface area contributed by atoms with Gasteiger partial charge in [0.05, 0.1) is 24.2 Å². The molecule has 2 aromatic rings. The lowest BCUT2D eigenvalue weighted by molar-refractivity contribution is -0.0434. The average molecular weight is 515 g/mol. The number of piperidine rings is 1. The van der Waals surface area contributed by atoms with Gasteiger partial charge < -0.3 is 0 Å². The van der Waals surface area contributed by atoms with Crippen LogP contribution in [0.4, 0.5) is 8.78 Å². The summed E-state index contributed by atoms with van der Waals surface area (Å²) in [4.78, 5) is 0. The van der Waals surface area contributed by atoms with Crippen molar-refractivity contribution in [3.8, 4) is 0 Å². The number of nitrogens with zero attached hydrogens (tertiary/aromatic N) is 4. The lowest BCUT2D eigenvalue weighted by Crippen LogP contribution is -2.45. The smallest absolute Gasteiger partial charge is 0.233 e. The number of hydrogen-bond acceptors (Lipinski definition) is 3. The first kappa shape index (κ1) is 24.1. The molecule has 0 spiro atoms. The molecule has 1 saturated heterocycles. The number of hydrogen-bond donors (Lipinski definition) is 0. The van der Waals surface area contributed by atoms with Gasteiger partial charge in [0, 0.05) is 18.0 Å². The molecule has 0 radical (unpaired) electrons. The van der Waals surface area contributed by atoms with Gasteiger partial charge in [-0.05, 0) is 48.2 Å². The Morgan fingerprint density at radius 3 is 2.45 bits per heavy atom. The minimum absolute atomic E-state index is 0.0346. The molecule has 2 atom stereocenters. The highest BCUT2D eigenvalue weighted by molar-refractivity contribution is 7.88. The number of halogens is 4. The third-order valence-corrected chi connectivity index (χ3v) is 7.72. The van der Waals surface area contributed by atoms with E-state index in [4.69, 9.17) is 23.2 Å². The van der Waals surface area contributed by atoms with Gasteiger partial charge in [-0.15, -0.1) is 4.40 Å². The fourth-order valence-electron chi connectivity index (χ4n) is 4.12. The van der Waals surface area contributed by atoms with Crippen LogP contribution in [0.2, 0.25) is 5.02 Å². The molecular weight excluding hydrogens is 493 g/mol. The molecule has 2 aliphatic rings. The molecule has 6 nitrogen and oxygen atoms in total. The number of rotatable bonds is 4. The fourth-order valence-corrected chi connectivity index (χ4v) is 5.81. The third kappa shape index (κ3) is 5.21. The Bertz CT molecular complexity index is 1170. The zero-order valence-electron chi connectivity index (χ0n) is 17.7. The van der Waals surface area contributed by atoms with Crippen LogP contribution in [-0.4, -0.2) is 53.8 Å². The van der Waals surface area contributed by atoms with Crippen molar-refractivity contribution in [2.75, 3.05) is 13.1 Å². The first-order valence-electron chi connectivity index (χ1n) is 10.4. The lowest BCUT2D eigenvalue weighted by Gasteiger charge is -2.30. The Balaban J connectivity index is 1.70. The summed E-state index contributed by atoms with van der Waals surface area (Å²) >= 11 is 12.4. The maximum absolute atomic E-state index is 13.8.